The van der Waals surface area contributed by atoms with Crippen molar-refractivity contribution in [1.29, 1.82) is 0 Å². The molecule has 0 saturated heterocycles. The van der Waals surface area contributed by atoms with Crippen LogP contribution in [-0.2, 0) is 16.6 Å². The second-order valence-electron chi connectivity index (χ2n) is 6.20. The molecule has 7 heteroatoms. The van der Waals surface area contributed by atoms with Gasteiger partial charge in [-0.25, -0.2) is 12.7 Å². The van der Waals surface area contributed by atoms with Crippen LogP contribution in [0.5, 0.6) is 0 Å². The van der Waals surface area contributed by atoms with Gasteiger partial charge in [-0.05, 0) is 32.4 Å². The van der Waals surface area contributed by atoms with Gasteiger partial charge in [-0.3, -0.25) is 4.99 Å². The summed E-state index contributed by atoms with van der Waals surface area (Å²) in [7, 11) is 1.27. The van der Waals surface area contributed by atoms with E-state index >= 15 is 0 Å². The molecule has 0 amide bonds. The number of hydrogen-bond donors (Lipinski definition) is 2. The molecular weight excluding hydrogens is 300 g/mol. The van der Waals surface area contributed by atoms with Gasteiger partial charge in [-0.1, -0.05) is 18.2 Å². The van der Waals surface area contributed by atoms with Gasteiger partial charge < -0.3 is 10.6 Å². The number of nitrogens with zero attached hydrogens (tertiary/aromatic N) is 2. The maximum Gasteiger partial charge on any atom is 0.242 e. The average molecular weight is 326 g/mol. The highest BCUT2D eigenvalue weighted by Crippen LogP contribution is 2.18. The maximum absolute atomic E-state index is 12.3. The molecule has 1 rings (SSSR count). The van der Waals surface area contributed by atoms with E-state index in [1.807, 2.05) is 26.8 Å². The Bertz CT molecular complexity index is 631. The van der Waals surface area contributed by atoms with Crippen molar-refractivity contribution in [2.24, 2.45) is 4.99 Å². The summed E-state index contributed by atoms with van der Waals surface area (Å²) in [5, 5.41) is 6.39. The Morgan fingerprint density at radius 3 is 2.32 bits per heavy atom. The van der Waals surface area contributed by atoms with Gasteiger partial charge in [0, 0.05) is 33.2 Å². The van der Waals surface area contributed by atoms with Crippen LogP contribution < -0.4 is 10.6 Å². The molecule has 6 nitrogen and oxygen atoms in total. The van der Waals surface area contributed by atoms with Gasteiger partial charge in [-0.2, -0.15) is 0 Å². The summed E-state index contributed by atoms with van der Waals surface area (Å²) in [5.41, 5.74) is 0.574. The lowest BCUT2D eigenvalue weighted by molar-refractivity contribution is 0.500. The minimum atomic E-state index is -3.46. The van der Waals surface area contributed by atoms with Crippen LogP contribution in [0.1, 0.15) is 26.3 Å². The molecule has 0 fully saturated rings. The third-order valence-electron chi connectivity index (χ3n) is 2.89. The highest BCUT2D eigenvalue weighted by molar-refractivity contribution is 7.89. The molecule has 2 N–H and O–H groups in total. The predicted molar refractivity (Wildman–Crippen MR) is 90.4 cm³/mol. The van der Waals surface area contributed by atoms with Gasteiger partial charge >= 0.3 is 0 Å². The summed E-state index contributed by atoms with van der Waals surface area (Å²) in [4.78, 5) is 4.45. The smallest absolute Gasteiger partial charge is 0.242 e. The second-order valence-corrected chi connectivity index (χ2v) is 8.32. The van der Waals surface area contributed by atoms with Crippen LogP contribution in [0.3, 0.4) is 0 Å². The lowest BCUT2D eigenvalue weighted by atomic mass is 10.1. The molecule has 0 aliphatic heterocycles. The van der Waals surface area contributed by atoms with Crippen molar-refractivity contribution in [2.75, 3.05) is 21.1 Å². The first-order chi connectivity index (χ1) is 10.1. The number of rotatable bonds is 4. The molecule has 1 aromatic carbocycles. The Morgan fingerprint density at radius 1 is 1.23 bits per heavy atom. The zero-order valence-corrected chi connectivity index (χ0v) is 15.0. The Balaban J connectivity index is 2.97. The standard InChI is InChI=1S/C15H26N4O2S/c1-15(2,3)18-14(16-4)17-11-12-9-7-8-10-13(12)22(20,21)19(5)6/h7-10H,11H2,1-6H3,(H2,16,17,18). The minimum Gasteiger partial charge on any atom is -0.352 e. The van der Waals surface area contributed by atoms with Crippen LogP contribution >= 0.6 is 0 Å². The molecule has 22 heavy (non-hydrogen) atoms. The van der Waals surface area contributed by atoms with Crippen LogP contribution in [0, 0.1) is 0 Å². The maximum atomic E-state index is 12.3. The molecule has 0 atom stereocenters. The molecule has 0 bridgehead atoms. The van der Waals surface area contributed by atoms with Crippen molar-refractivity contribution < 1.29 is 8.42 Å². The van der Waals surface area contributed by atoms with Crippen LogP contribution in [0.25, 0.3) is 0 Å². The highest BCUT2D eigenvalue weighted by Gasteiger charge is 2.21. The van der Waals surface area contributed by atoms with Crippen molar-refractivity contribution in [2.45, 2.75) is 37.8 Å². The molecule has 1 aromatic rings. The number of hydrogen-bond acceptors (Lipinski definition) is 3. The fourth-order valence-electron chi connectivity index (χ4n) is 1.81. The predicted octanol–water partition coefficient (Wildman–Crippen LogP) is 1.40. The number of aliphatic imine (C=N–C) groups is 1. The quantitative estimate of drug-likeness (QED) is 0.648. The molecule has 0 aromatic heterocycles. The zero-order chi connectivity index (χ0) is 17.0. The fourth-order valence-corrected chi connectivity index (χ4v) is 2.93. The molecule has 0 saturated carbocycles. The first-order valence-corrected chi connectivity index (χ1v) is 8.51. The molecule has 0 aliphatic carbocycles. The zero-order valence-electron chi connectivity index (χ0n) is 14.1. The third kappa shape index (κ3) is 4.99. The molecule has 0 spiro atoms. The summed E-state index contributed by atoms with van der Waals surface area (Å²) in [6, 6.07) is 6.97. The lowest BCUT2D eigenvalue weighted by Gasteiger charge is -2.24. The van der Waals surface area contributed by atoms with E-state index in [1.54, 1.807) is 25.2 Å². The first-order valence-electron chi connectivity index (χ1n) is 7.07. The van der Waals surface area contributed by atoms with Crippen molar-refractivity contribution in [3.05, 3.63) is 29.8 Å². The average Bonchev–Trinajstić information content (AvgIpc) is 2.42. The van der Waals surface area contributed by atoms with Gasteiger partial charge in [0.1, 0.15) is 0 Å². The van der Waals surface area contributed by atoms with Gasteiger partial charge in [0.05, 0.1) is 4.90 Å². The van der Waals surface area contributed by atoms with Crippen LogP contribution in [0.4, 0.5) is 0 Å². The van der Waals surface area contributed by atoms with Crippen molar-refractivity contribution in [1.82, 2.24) is 14.9 Å². The van der Waals surface area contributed by atoms with Crippen molar-refractivity contribution in [3.63, 3.8) is 0 Å². The monoisotopic (exact) mass is 326 g/mol. The van der Waals surface area contributed by atoms with Crippen LogP contribution in [-0.4, -0.2) is 45.4 Å². The number of benzene rings is 1. The van der Waals surface area contributed by atoms with E-state index in [4.69, 9.17) is 0 Å². The van der Waals surface area contributed by atoms with Gasteiger partial charge in [0.25, 0.3) is 0 Å². The molecule has 0 unspecified atom stereocenters. The molecule has 124 valence electrons. The summed E-state index contributed by atoms with van der Waals surface area (Å²) in [6.45, 7) is 6.47. The lowest BCUT2D eigenvalue weighted by Crippen LogP contribution is -2.47. The summed E-state index contributed by atoms with van der Waals surface area (Å²) < 4.78 is 25.9. The van der Waals surface area contributed by atoms with Gasteiger partial charge in [0.15, 0.2) is 5.96 Å². The van der Waals surface area contributed by atoms with E-state index in [2.05, 4.69) is 15.6 Å². The Morgan fingerprint density at radius 2 is 1.82 bits per heavy atom. The topological polar surface area (TPSA) is 73.8 Å². The van der Waals surface area contributed by atoms with E-state index in [1.165, 1.54) is 18.4 Å². The second kappa shape index (κ2) is 7.11. The molecular formula is C15H26N4O2S. The van der Waals surface area contributed by atoms with E-state index in [0.717, 1.165) is 0 Å². The largest absolute Gasteiger partial charge is 0.352 e. The van der Waals surface area contributed by atoms with Crippen LogP contribution in [0.2, 0.25) is 0 Å². The Hall–Kier alpha value is -1.60. The molecule has 0 aliphatic rings. The van der Waals surface area contributed by atoms with Gasteiger partial charge in [0.2, 0.25) is 10.0 Å². The SMILES string of the molecule is CN=C(NCc1ccccc1S(=O)(=O)N(C)C)NC(C)(C)C. The Labute approximate surface area is 133 Å². The van der Waals surface area contributed by atoms with Gasteiger partial charge in [-0.15, -0.1) is 0 Å². The highest BCUT2D eigenvalue weighted by atomic mass is 32.2. The van der Waals surface area contributed by atoms with E-state index in [0.29, 0.717) is 23.0 Å². The van der Waals surface area contributed by atoms with Crippen LogP contribution in [0.15, 0.2) is 34.2 Å². The normalized spacial score (nSPS) is 13.3. The first kappa shape index (κ1) is 18.4. The Kier molecular flexibility index (Phi) is 5.96. The van der Waals surface area contributed by atoms with Crippen molar-refractivity contribution >= 4 is 16.0 Å². The van der Waals surface area contributed by atoms with E-state index in [9.17, 15) is 8.42 Å². The summed E-state index contributed by atoms with van der Waals surface area (Å²) in [6.07, 6.45) is 0. The molecule has 0 radical (unpaired) electrons. The summed E-state index contributed by atoms with van der Waals surface area (Å²) >= 11 is 0. The number of guanidine groups is 1. The number of sulfonamides is 1. The fraction of sp³-hybridized carbons (Fsp3) is 0.533. The van der Waals surface area contributed by atoms with E-state index in [-0.39, 0.29) is 5.54 Å². The summed E-state index contributed by atoms with van der Waals surface area (Å²) in [5.74, 6) is 0.629. The molecule has 0 heterocycles. The van der Waals surface area contributed by atoms with Crippen molar-refractivity contribution in [3.8, 4) is 0 Å². The number of nitrogens with one attached hydrogen (secondary N) is 2. The minimum absolute atomic E-state index is 0.128. The third-order valence-corrected chi connectivity index (χ3v) is 4.81. The van der Waals surface area contributed by atoms with E-state index < -0.39 is 10.0 Å².